The zero-order chi connectivity index (χ0) is 28.5. The van der Waals surface area contributed by atoms with E-state index in [1.807, 2.05) is 42.5 Å². The van der Waals surface area contributed by atoms with E-state index in [2.05, 4.69) is 19.9 Å². The third-order valence-corrected chi connectivity index (χ3v) is 9.30. The molecule has 2 aromatic heterocycles. The molecule has 2 heterocycles. The van der Waals surface area contributed by atoms with Gasteiger partial charge in [-0.15, -0.1) is 21.5 Å². The van der Waals surface area contributed by atoms with Gasteiger partial charge < -0.3 is 4.42 Å². The maximum Gasteiger partial charge on any atom is 0.416 e. The summed E-state index contributed by atoms with van der Waals surface area (Å²) in [5.41, 5.74) is 1.62. The van der Waals surface area contributed by atoms with Crippen LogP contribution in [0.5, 0.6) is 0 Å². The Labute approximate surface area is 232 Å². The molecule has 0 saturated heterocycles. The fraction of sp³-hybridized carbons (Fsp3) is 0.160. The van der Waals surface area contributed by atoms with Crippen molar-refractivity contribution < 1.29 is 34.8 Å². The number of aromatic nitrogens is 3. The van der Waals surface area contributed by atoms with E-state index in [9.17, 15) is 25.8 Å². The van der Waals surface area contributed by atoms with Gasteiger partial charge in [0.1, 0.15) is 5.01 Å². The monoisotopic (exact) mass is 608 g/mol. The number of thiazole rings is 1. The van der Waals surface area contributed by atoms with Crippen molar-refractivity contribution >= 4 is 42.7 Å². The molecule has 208 valence electrons. The van der Waals surface area contributed by atoms with Crippen molar-refractivity contribution in [1.82, 2.24) is 19.9 Å². The lowest BCUT2D eigenvalue weighted by atomic mass is 10.1. The van der Waals surface area contributed by atoms with Crippen molar-refractivity contribution in [2.75, 3.05) is 0 Å². The molecule has 9 nitrogen and oxygen atoms in total. The Bertz CT molecular complexity index is 1770. The summed E-state index contributed by atoms with van der Waals surface area (Å²) in [5.74, 6) is -1.09. The van der Waals surface area contributed by atoms with Crippen LogP contribution in [0.15, 0.2) is 77.2 Å². The number of hydrogen-bond donors (Lipinski definition) is 2. The number of sulfone groups is 1. The van der Waals surface area contributed by atoms with Gasteiger partial charge in [0.25, 0.3) is 0 Å². The third-order valence-electron chi connectivity index (χ3n) is 5.80. The lowest BCUT2D eigenvalue weighted by molar-refractivity contribution is -0.137. The smallest absolute Gasteiger partial charge is 0.416 e. The van der Waals surface area contributed by atoms with Crippen molar-refractivity contribution in [3.63, 3.8) is 0 Å². The minimum atomic E-state index is -4.56. The van der Waals surface area contributed by atoms with Crippen molar-refractivity contribution in [3.8, 4) is 11.1 Å². The minimum Gasteiger partial charge on any atom is -0.422 e. The Morgan fingerprint density at radius 1 is 1.00 bits per heavy atom. The fourth-order valence-corrected chi connectivity index (χ4v) is 7.35. The summed E-state index contributed by atoms with van der Waals surface area (Å²) in [5, 5.41) is 6.22. The molecule has 40 heavy (non-hydrogen) atoms. The zero-order valence-electron chi connectivity index (χ0n) is 20.2. The minimum absolute atomic E-state index is 0.126. The van der Waals surface area contributed by atoms with Gasteiger partial charge in [-0.3, -0.25) is 4.55 Å². The number of rotatable bonds is 9. The Hall–Kier alpha value is -3.50. The van der Waals surface area contributed by atoms with Crippen LogP contribution in [0.1, 0.15) is 33.2 Å². The molecule has 0 bridgehead atoms. The number of hydrogen-bond acceptors (Lipinski definition) is 8. The van der Waals surface area contributed by atoms with Crippen LogP contribution in [0.25, 0.3) is 21.3 Å². The van der Waals surface area contributed by atoms with Crippen molar-refractivity contribution in [2.45, 2.75) is 23.7 Å². The normalized spacial score (nSPS) is 13.9. The summed E-state index contributed by atoms with van der Waals surface area (Å²) in [4.78, 5) is 4.52. The first-order valence-corrected chi connectivity index (χ1v) is 15.1. The third kappa shape index (κ3) is 6.28. The van der Waals surface area contributed by atoms with Crippen molar-refractivity contribution in [1.29, 1.82) is 0 Å². The van der Waals surface area contributed by atoms with Gasteiger partial charge in [0.05, 0.1) is 28.1 Å². The van der Waals surface area contributed by atoms with Crippen LogP contribution < -0.4 is 4.72 Å². The number of nitrogens with one attached hydrogen (secondary N) is 1. The molecule has 0 spiro atoms. The van der Waals surface area contributed by atoms with E-state index < -0.39 is 43.8 Å². The maximum atomic E-state index is 13.7. The molecule has 2 atom stereocenters. The average Bonchev–Trinajstić information content (AvgIpc) is 3.54. The molecule has 0 fully saturated rings. The SMILES string of the molecule is O=S(O)NCc1nnc(C(c2nc3ccc(-c4ccccc4)cc3s2)S(=O)(=O)Cc2ccc(C(F)(F)F)cc2)o1. The van der Waals surface area contributed by atoms with Crippen LogP contribution in [-0.2, 0) is 39.6 Å². The molecule has 0 aliphatic rings. The van der Waals surface area contributed by atoms with E-state index in [0.717, 1.165) is 46.7 Å². The maximum absolute atomic E-state index is 13.7. The van der Waals surface area contributed by atoms with Gasteiger partial charge in [0.15, 0.2) is 15.1 Å². The van der Waals surface area contributed by atoms with E-state index in [-0.39, 0.29) is 28.9 Å². The van der Waals surface area contributed by atoms with Gasteiger partial charge in [-0.1, -0.05) is 48.5 Å². The lowest BCUT2D eigenvalue weighted by Crippen LogP contribution is -2.18. The topological polar surface area (TPSA) is 135 Å². The van der Waals surface area contributed by atoms with E-state index in [4.69, 9.17) is 8.97 Å². The van der Waals surface area contributed by atoms with Crippen LogP contribution in [0.4, 0.5) is 13.2 Å². The molecule has 3 aromatic carbocycles. The van der Waals surface area contributed by atoms with Gasteiger partial charge in [0.2, 0.25) is 23.0 Å². The molecule has 5 aromatic rings. The van der Waals surface area contributed by atoms with Gasteiger partial charge in [0, 0.05) is 0 Å². The first kappa shape index (κ1) is 28.0. The average molecular weight is 609 g/mol. The second kappa shape index (κ2) is 11.2. The summed E-state index contributed by atoms with van der Waals surface area (Å²) in [6, 6.07) is 18.9. The largest absolute Gasteiger partial charge is 0.422 e. The molecule has 15 heteroatoms. The van der Waals surface area contributed by atoms with Crippen LogP contribution in [0.2, 0.25) is 0 Å². The van der Waals surface area contributed by atoms with Crippen molar-refractivity contribution in [2.24, 2.45) is 0 Å². The highest BCUT2D eigenvalue weighted by molar-refractivity contribution is 7.91. The standard InChI is InChI=1S/C25H19F3N4O5S3/c26-25(27,28)18-9-6-15(7-10-18)14-40(35,36)22(23-32-31-21(37-23)13-29-39(33)34)24-30-19-11-8-17(12-20(19)38-24)16-4-2-1-3-5-16/h1-12,22,29H,13-14H2,(H,33,34). The quantitative estimate of drug-likeness (QED) is 0.215. The molecule has 0 aliphatic heterocycles. The highest BCUT2D eigenvalue weighted by atomic mass is 32.2. The Balaban J connectivity index is 1.54. The Morgan fingerprint density at radius 3 is 2.40 bits per heavy atom. The summed E-state index contributed by atoms with van der Waals surface area (Å²) >= 11 is -1.26. The summed E-state index contributed by atoms with van der Waals surface area (Å²) in [6.07, 6.45) is -4.56. The molecule has 0 aliphatic carbocycles. The van der Waals surface area contributed by atoms with Crippen LogP contribution in [0.3, 0.4) is 0 Å². The van der Waals surface area contributed by atoms with Gasteiger partial charge in [-0.2, -0.15) is 13.2 Å². The first-order chi connectivity index (χ1) is 19.0. The Kier molecular flexibility index (Phi) is 7.83. The second-order valence-corrected chi connectivity index (χ2v) is 12.5. The van der Waals surface area contributed by atoms with Crippen molar-refractivity contribution in [3.05, 3.63) is 101 Å². The highest BCUT2D eigenvalue weighted by Crippen LogP contribution is 2.38. The van der Waals surface area contributed by atoms with Crippen LogP contribution in [0, 0.1) is 0 Å². The van der Waals surface area contributed by atoms with Crippen LogP contribution >= 0.6 is 11.3 Å². The predicted molar refractivity (Wildman–Crippen MR) is 143 cm³/mol. The number of alkyl halides is 3. The molecule has 0 amide bonds. The predicted octanol–water partition coefficient (Wildman–Crippen LogP) is 5.30. The summed E-state index contributed by atoms with van der Waals surface area (Å²) in [7, 11) is -4.22. The van der Waals surface area contributed by atoms with E-state index >= 15 is 0 Å². The second-order valence-electron chi connectivity index (χ2n) is 8.59. The van der Waals surface area contributed by atoms with E-state index in [0.29, 0.717) is 10.2 Å². The number of halogens is 3. The Morgan fingerprint density at radius 2 is 1.73 bits per heavy atom. The molecule has 0 saturated carbocycles. The highest BCUT2D eigenvalue weighted by Gasteiger charge is 2.37. The zero-order valence-corrected chi connectivity index (χ0v) is 22.6. The molecule has 2 N–H and O–H groups in total. The number of fused-ring (bicyclic) bond motifs is 1. The molecular weight excluding hydrogens is 589 g/mol. The molecule has 0 radical (unpaired) electrons. The van der Waals surface area contributed by atoms with Gasteiger partial charge in [-0.05, 0) is 41.0 Å². The summed E-state index contributed by atoms with van der Waals surface area (Å²) in [6.45, 7) is -0.304. The van der Waals surface area contributed by atoms with Gasteiger partial charge >= 0.3 is 6.18 Å². The van der Waals surface area contributed by atoms with E-state index in [1.54, 1.807) is 6.07 Å². The number of nitrogens with zero attached hydrogens (tertiary/aromatic N) is 3. The molecule has 5 rings (SSSR count). The first-order valence-electron chi connectivity index (χ1n) is 11.5. The summed E-state index contributed by atoms with van der Waals surface area (Å²) < 4.78 is 94.7. The van der Waals surface area contributed by atoms with E-state index in [1.165, 1.54) is 0 Å². The number of benzene rings is 3. The molecule has 2 unspecified atom stereocenters. The van der Waals surface area contributed by atoms with Crippen LogP contribution in [-0.4, -0.2) is 32.4 Å². The lowest BCUT2D eigenvalue weighted by Gasteiger charge is -2.13. The van der Waals surface area contributed by atoms with Gasteiger partial charge in [-0.25, -0.2) is 22.3 Å². The molecular formula is C25H19F3N4O5S3. The fourth-order valence-electron chi connectivity index (χ4n) is 3.95.